The number of anilines is 1. The van der Waals surface area contributed by atoms with Gasteiger partial charge in [-0.1, -0.05) is 66.2 Å². The molecule has 0 spiro atoms. The minimum absolute atomic E-state index is 0. The first kappa shape index (κ1) is 31.8. The molecule has 0 bridgehead atoms. The van der Waals surface area contributed by atoms with Crippen LogP contribution in [-0.4, -0.2) is 25.5 Å². The summed E-state index contributed by atoms with van der Waals surface area (Å²) in [5, 5.41) is 25.4. The van der Waals surface area contributed by atoms with Crippen LogP contribution in [0.1, 0.15) is 29.8 Å². The van der Waals surface area contributed by atoms with Crippen LogP contribution in [0.3, 0.4) is 0 Å². The van der Waals surface area contributed by atoms with Crippen LogP contribution >= 0.6 is 23.2 Å². The molecule has 0 fully saturated rings. The number of carbonyl (C=O) groups excluding carboxylic acids is 1. The van der Waals surface area contributed by atoms with Gasteiger partial charge in [0.2, 0.25) is 0 Å². The molecule has 9 nitrogen and oxygen atoms in total. The Morgan fingerprint density at radius 3 is 2.40 bits per heavy atom. The third-order valence-electron chi connectivity index (χ3n) is 5.77. The Morgan fingerprint density at radius 2 is 1.73 bits per heavy atom. The van der Waals surface area contributed by atoms with Gasteiger partial charge in [0.1, 0.15) is 16.3 Å². The van der Waals surface area contributed by atoms with Gasteiger partial charge in [0.25, 0.3) is 16.0 Å². The summed E-state index contributed by atoms with van der Waals surface area (Å²) >= 11 is 12.1. The molecule has 0 saturated carbocycles. The molecule has 40 heavy (non-hydrogen) atoms. The van der Waals surface area contributed by atoms with Crippen molar-refractivity contribution in [3.8, 4) is 11.5 Å². The molecule has 1 amide bonds. The van der Waals surface area contributed by atoms with Gasteiger partial charge in [0.15, 0.2) is 0 Å². The van der Waals surface area contributed by atoms with Crippen LogP contribution < -0.4 is 44.7 Å². The minimum atomic E-state index is -4.77. The van der Waals surface area contributed by atoms with Gasteiger partial charge >= 0.3 is 29.6 Å². The molecular weight excluding hydrogens is 588 g/mol. The molecule has 0 aliphatic carbocycles. The number of azo groups is 1. The second-order valence-corrected chi connectivity index (χ2v) is 10.5. The van der Waals surface area contributed by atoms with Gasteiger partial charge < -0.3 is 15.2 Å². The van der Waals surface area contributed by atoms with Crippen molar-refractivity contribution in [3.63, 3.8) is 0 Å². The summed E-state index contributed by atoms with van der Waals surface area (Å²) in [6.07, 6.45) is 0.338. The normalized spacial score (nSPS) is 11.4. The monoisotopic (exact) mass is 609 g/mol. The minimum Gasteiger partial charge on any atom is -0.870 e. The van der Waals surface area contributed by atoms with Crippen LogP contribution in [0.25, 0.3) is 10.8 Å². The second-order valence-electron chi connectivity index (χ2n) is 8.26. The van der Waals surface area contributed by atoms with Gasteiger partial charge in [0, 0.05) is 22.0 Å². The van der Waals surface area contributed by atoms with Crippen LogP contribution in [0.2, 0.25) is 10.0 Å². The number of carbonyl (C=O) groups is 1. The summed E-state index contributed by atoms with van der Waals surface area (Å²) < 4.78 is 39.5. The first-order valence-corrected chi connectivity index (χ1v) is 13.9. The summed E-state index contributed by atoms with van der Waals surface area (Å²) in [7, 11) is -4.77. The molecule has 0 aliphatic rings. The summed E-state index contributed by atoms with van der Waals surface area (Å²) in [6.45, 7) is 3.86. The van der Waals surface area contributed by atoms with Gasteiger partial charge in [-0.05, 0) is 48.6 Å². The van der Waals surface area contributed by atoms with E-state index in [1.165, 1.54) is 12.1 Å². The molecule has 4 rings (SSSR count). The molecule has 4 aromatic carbocycles. The van der Waals surface area contributed by atoms with Gasteiger partial charge in [-0.3, -0.25) is 9.35 Å². The van der Waals surface area contributed by atoms with E-state index in [4.69, 9.17) is 27.9 Å². The first-order chi connectivity index (χ1) is 18.5. The van der Waals surface area contributed by atoms with Crippen LogP contribution in [0.5, 0.6) is 11.5 Å². The fraction of sp³-hybridized carbons (Fsp3) is 0.148. The van der Waals surface area contributed by atoms with Crippen molar-refractivity contribution in [3.05, 3.63) is 81.8 Å². The van der Waals surface area contributed by atoms with E-state index in [-0.39, 0.29) is 51.5 Å². The SMILES string of the molecule is CCOc1cc(Cl)ccc1NC(=O)c1cc2ccccc2c(N=Nc2c(CC)ccc(Cl)c2S(=O)(=O)O)c1[O-].[Na+]. The van der Waals surface area contributed by atoms with E-state index in [9.17, 15) is 22.9 Å². The van der Waals surface area contributed by atoms with E-state index in [1.807, 2.05) is 0 Å². The number of rotatable bonds is 8. The van der Waals surface area contributed by atoms with Crippen LogP contribution in [0, 0.1) is 0 Å². The fourth-order valence-corrected chi connectivity index (χ4v) is 5.31. The van der Waals surface area contributed by atoms with Gasteiger partial charge in [-0.25, -0.2) is 0 Å². The Morgan fingerprint density at radius 1 is 1.02 bits per heavy atom. The number of amides is 1. The van der Waals surface area contributed by atoms with Crippen molar-refractivity contribution in [1.82, 2.24) is 0 Å². The molecule has 0 aromatic heterocycles. The molecule has 202 valence electrons. The number of aryl methyl sites for hydroxylation is 1. The van der Waals surface area contributed by atoms with Crippen molar-refractivity contribution < 1.29 is 57.2 Å². The zero-order valence-electron chi connectivity index (χ0n) is 21.7. The molecular formula is C27H22Cl2N3NaO6S. The average molecular weight is 610 g/mol. The van der Waals surface area contributed by atoms with Crippen molar-refractivity contribution in [2.24, 2.45) is 10.2 Å². The van der Waals surface area contributed by atoms with Crippen LogP contribution in [0.4, 0.5) is 17.1 Å². The third kappa shape index (κ3) is 6.77. The van der Waals surface area contributed by atoms with Gasteiger partial charge in [-0.2, -0.15) is 13.5 Å². The Bertz CT molecular complexity index is 1730. The second kappa shape index (κ2) is 13.3. The van der Waals surface area contributed by atoms with E-state index in [2.05, 4.69) is 15.5 Å². The van der Waals surface area contributed by atoms with Crippen molar-refractivity contribution in [2.45, 2.75) is 25.2 Å². The Kier molecular flexibility index (Phi) is 10.6. The summed E-state index contributed by atoms with van der Waals surface area (Å²) in [5.74, 6) is -1.13. The maximum absolute atomic E-state index is 13.5. The molecule has 4 aromatic rings. The van der Waals surface area contributed by atoms with Crippen molar-refractivity contribution in [1.29, 1.82) is 0 Å². The molecule has 0 radical (unpaired) electrons. The first-order valence-electron chi connectivity index (χ1n) is 11.7. The van der Waals surface area contributed by atoms with Crippen LogP contribution in [0.15, 0.2) is 75.8 Å². The number of nitrogens with one attached hydrogen (secondary N) is 1. The predicted octanol–water partition coefficient (Wildman–Crippen LogP) is 4.10. The Balaban J connectivity index is 0.00000441. The molecule has 0 atom stereocenters. The van der Waals surface area contributed by atoms with E-state index in [1.54, 1.807) is 62.4 Å². The summed E-state index contributed by atoms with van der Waals surface area (Å²) in [4.78, 5) is 12.7. The predicted molar refractivity (Wildman–Crippen MR) is 149 cm³/mol. The number of hydrogen-bond donors (Lipinski definition) is 2. The standard InChI is InChI=1S/C27H23Cl2N3O6S.Na/c1-3-15-9-11-20(29)26(39(35,36)37)23(15)31-32-24-18-8-6-5-7-16(18)13-19(25(24)33)27(34)30-21-12-10-17(28)14-22(21)38-4-2;/h5-14,33H,3-4H2,1-2H3,(H,30,34)(H,35,36,37);/q;+1/p-1. The molecule has 0 saturated heterocycles. The zero-order chi connectivity index (χ0) is 28.3. The quantitative estimate of drug-likeness (QED) is 0.175. The fourth-order valence-electron chi connectivity index (χ4n) is 3.97. The van der Waals surface area contributed by atoms with Gasteiger partial charge in [-0.15, -0.1) is 5.11 Å². The molecule has 13 heteroatoms. The Hall–Kier alpha value is -2.70. The smallest absolute Gasteiger partial charge is 0.870 e. The maximum Gasteiger partial charge on any atom is 1.00 e. The molecule has 2 N–H and O–H groups in total. The van der Waals surface area contributed by atoms with E-state index in [0.29, 0.717) is 45.8 Å². The molecule has 0 unspecified atom stereocenters. The van der Waals surface area contributed by atoms with E-state index < -0.39 is 26.7 Å². The van der Waals surface area contributed by atoms with E-state index >= 15 is 0 Å². The number of hydrogen-bond acceptors (Lipinski definition) is 7. The van der Waals surface area contributed by atoms with Crippen molar-refractivity contribution >= 4 is 67.1 Å². The summed E-state index contributed by atoms with van der Waals surface area (Å²) in [6, 6.07) is 15.7. The number of nitrogens with zero attached hydrogens (tertiary/aromatic N) is 2. The molecule has 0 heterocycles. The topological polar surface area (TPSA) is 140 Å². The van der Waals surface area contributed by atoms with Crippen LogP contribution in [-0.2, 0) is 16.5 Å². The zero-order valence-corrected chi connectivity index (χ0v) is 26.1. The van der Waals surface area contributed by atoms with Gasteiger partial charge in [0.05, 0.1) is 23.0 Å². The largest absolute Gasteiger partial charge is 1.00 e. The number of benzene rings is 4. The number of fused-ring (bicyclic) bond motifs is 1. The van der Waals surface area contributed by atoms with Crippen molar-refractivity contribution in [2.75, 3.05) is 11.9 Å². The average Bonchev–Trinajstić information content (AvgIpc) is 2.88. The Labute approximate surface area is 263 Å². The number of halogens is 2. The summed E-state index contributed by atoms with van der Waals surface area (Å²) in [5.41, 5.74) is 0.117. The van der Waals surface area contributed by atoms with E-state index in [0.717, 1.165) is 0 Å². The maximum atomic E-state index is 13.5. The molecule has 0 aliphatic heterocycles. The number of ether oxygens (including phenoxy) is 1. The third-order valence-corrected chi connectivity index (χ3v) is 7.36.